The van der Waals surface area contributed by atoms with E-state index >= 15 is 0 Å². The minimum atomic E-state index is -0.661. The Hall–Kier alpha value is -0.860. The second-order valence-corrected chi connectivity index (χ2v) is 5.24. The molecule has 0 aromatic heterocycles. The number of benzene rings is 1. The molecule has 4 rings (SSSR count). The highest BCUT2D eigenvalue weighted by molar-refractivity contribution is 5.41. The smallest absolute Gasteiger partial charge is 0.0743 e. The Morgan fingerprint density at radius 1 is 1.19 bits per heavy atom. The molecule has 2 heteroatoms. The van der Waals surface area contributed by atoms with Crippen LogP contribution in [0.4, 0.5) is 0 Å². The number of hydrogen-bond acceptors (Lipinski definition) is 2. The molecule has 1 aromatic carbocycles. The molecule has 3 aliphatic rings. The number of hydrogen-bond donors (Lipinski definition) is 2. The van der Waals surface area contributed by atoms with E-state index in [0.29, 0.717) is 12.3 Å². The molecule has 1 fully saturated rings. The van der Waals surface area contributed by atoms with Crippen LogP contribution in [0.25, 0.3) is 0 Å². The van der Waals surface area contributed by atoms with Crippen molar-refractivity contribution in [1.82, 2.24) is 0 Å². The lowest BCUT2D eigenvalue weighted by atomic mass is 9.58. The molecule has 2 bridgehead atoms. The first-order valence-electron chi connectivity index (χ1n) is 6.17. The lowest BCUT2D eigenvalue weighted by molar-refractivity contribution is -0.0501. The summed E-state index contributed by atoms with van der Waals surface area (Å²) in [7, 11) is 0. The number of rotatable bonds is 2. The minimum absolute atomic E-state index is 0.0852. The minimum Gasteiger partial charge on any atom is -0.396 e. The molecule has 0 saturated heterocycles. The van der Waals surface area contributed by atoms with Gasteiger partial charge in [-0.15, -0.1) is 0 Å². The van der Waals surface area contributed by atoms with Crippen molar-refractivity contribution in [2.75, 3.05) is 6.61 Å². The summed E-state index contributed by atoms with van der Waals surface area (Å²) in [6, 6.07) is 8.49. The molecular weight excluding hydrogens is 200 g/mol. The summed E-state index contributed by atoms with van der Waals surface area (Å²) in [5.41, 5.74) is 2.09. The van der Waals surface area contributed by atoms with E-state index in [4.69, 9.17) is 5.11 Å². The van der Waals surface area contributed by atoms with Crippen LogP contribution in [0.3, 0.4) is 0 Å². The van der Waals surface area contributed by atoms with Crippen molar-refractivity contribution >= 4 is 0 Å². The van der Waals surface area contributed by atoms with Gasteiger partial charge in [-0.2, -0.15) is 0 Å². The largest absolute Gasteiger partial charge is 0.396 e. The molecule has 0 unspecified atom stereocenters. The van der Waals surface area contributed by atoms with Gasteiger partial charge < -0.3 is 10.2 Å². The van der Waals surface area contributed by atoms with E-state index in [1.807, 2.05) is 0 Å². The van der Waals surface area contributed by atoms with Crippen LogP contribution in [0.1, 0.15) is 48.6 Å². The van der Waals surface area contributed by atoms with E-state index in [2.05, 4.69) is 24.3 Å². The molecule has 0 heterocycles. The third-order valence-corrected chi connectivity index (χ3v) is 4.41. The Bertz CT molecular complexity index is 401. The van der Waals surface area contributed by atoms with E-state index in [1.54, 1.807) is 0 Å². The van der Waals surface area contributed by atoms with Crippen molar-refractivity contribution < 1.29 is 10.2 Å². The van der Waals surface area contributed by atoms with Crippen molar-refractivity contribution in [2.24, 2.45) is 0 Å². The summed E-state index contributed by atoms with van der Waals surface area (Å²) in [5.74, 6) is 0.735. The van der Waals surface area contributed by atoms with Gasteiger partial charge in [0.15, 0.2) is 0 Å². The predicted octanol–water partition coefficient (Wildman–Crippen LogP) is 2.16. The normalized spacial score (nSPS) is 36.1. The van der Waals surface area contributed by atoms with E-state index < -0.39 is 5.60 Å². The maximum atomic E-state index is 10.6. The molecule has 0 radical (unpaired) electrons. The summed E-state index contributed by atoms with van der Waals surface area (Å²) < 4.78 is 0. The first kappa shape index (κ1) is 10.3. The number of aliphatic hydroxyl groups is 2. The molecule has 1 aromatic rings. The molecule has 2 N–H and O–H groups in total. The Balaban J connectivity index is 2.05. The highest BCUT2D eigenvalue weighted by atomic mass is 16.3. The lowest BCUT2D eigenvalue weighted by Gasteiger charge is -2.49. The third-order valence-electron chi connectivity index (χ3n) is 4.41. The van der Waals surface area contributed by atoms with Gasteiger partial charge in [-0.1, -0.05) is 24.3 Å². The van der Waals surface area contributed by atoms with Crippen molar-refractivity contribution in [3.8, 4) is 0 Å². The van der Waals surface area contributed by atoms with Crippen molar-refractivity contribution in [3.05, 3.63) is 35.4 Å². The molecular formula is C14H18O2. The Labute approximate surface area is 95.9 Å². The van der Waals surface area contributed by atoms with Gasteiger partial charge in [-0.05, 0) is 42.7 Å². The van der Waals surface area contributed by atoms with E-state index in [0.717, 1.165) is 12.8 Å². The number of aliphatic hydroxyl groups excluding tert-OH is 1. The standard InChI is InChI=1S/C14H18O2/c15-8-7-14(16)9-10-5-6-13(14)12-4-2-1-3-11(10)12/h1-4,10,13,15-16H,5-9H2/t10-,13-,14+/m1/s1. The molecule has 3 atom stereocenters. The average Bonchev–Trinajstić information content (AvgIpc) is 2.30. The Kier molecular flexibility index (Phi) is 2.30. The number of fused-ring (bicyclic) bond motifs is 2. The molecule has 2 nitrogen and oxygen atoms in total. The van der Waals surface area contributed by atoms with E-state index in [9.17, 15) is 5.11 Å². The molecule has 3 aliphatic carbocycles. The van der Waals surface area contributed by atoms with Crippen LogP contribution in [0.15, 0.2) is 24.3 Å². The van der Waals surface area contributed by atoms with Crippen molar-refractivity contribution in [1.29, 1.82) is 0 Å². The van der Waals surface area contributed by atoms with Crippen LogP contribution in [-0.2, 0) is 0 Å². The summed E-state index contributed by atoms with van der Waals surface area (Å²) in [6.07, 6.45) is 3.60. The van der Waals surface area contributed by atoms with Gasteiger partial charge in [0, 0.05) is 12.5 Å². The van der Waals surface area contributed by atoms with Gasteiger partial charge in [0.25, 0.3) is 0 Å². The first-order valence-corrected chi connectivity index (χ1v) is 6.17. The zero-order valence-electron chi connectivity index (χ0n) is 9.39. The maximum Gasteiger partial charge on any atom is 0.0743 e. The highest BCUT2D eigenvalue weighted by Crippen LogP contribution is 2.55. The topological polar surface area (TPSA) is 40.5 Å². The second-order valence-electron chi connectivity index (χ2n) is 5.24. The summed E-state index contributed by atoms with van der Waals surface area (Å²) in [6.45, 7) is 0.0852. The van der Waals surface area contributed by atoms with Crippen molar-refractivity contribution in [2.45, 2.75) is 43.1 Å². The fraction of sp³-hybridized carbons (Fsp3) is 0.571. The van der Waals surface area contributed by atoms with Gasteiger partial charge in [0.2, 0.25) is 0 Å². The second kappa shape index (κ2) is 3.57. The van der Waals surface area contributed by atoms with Crippen LogP contribution in [0.5, 0.6) is 0 Å². The summed E-state index contributed by atoms with van der Waals surface area (Å²) in [4.78, 5) is 0. The van der Waals surface area contributed by atoms with Crippen LogP contribution >= 0.6 is 0 Å². The van der Waals surface area contributed by atoms with Crippen LogP contribution in [-0.4, -0.2) is 22.4 Å². The van der Waals surface area contributed by atoms with Gasteiger partial charge in [0.05, 0.1) is 5.60 Å². The zero-order valence-corrected chi connectivity index (χ0v) is 9.39. The lowest BCUT2D eigenvalue weighted by Crippen LogP contribution is -2.46. The van der Waals surface area contributed by atoms with E-state index in [1.165, 1.54) is 17.5 Å². The van der Waals surface area contributed by atoms with Gasteiger partial charge >= 0.3 is 0 Å². The molecule has 1 saturated carbocycles. The van der Waals surface area contributed by atoms with Crippen LogP contribution < -0.4 is 0 Å². The fourth-order valence-corrected chi connectivity index (χ4v) is 3.69. The van der Waals surface area contributed by atoms with E-state index in [-0.39, 0.29) is 12.5 Å². The quantitative estimate of drug-likeness (QED) is 0.798. The monoisotopic (exact) mass is 218 g/mol. The third kappa shape index (κ3) is 1.33. The van der Waals surface area contributed by atoms with Gasteiger partial charge in [0.1, 0.15) is 0 Å². The summed E-state index contributed by atoms with van der Waals surface area (Å²) >= 11 is 0. The highest BCUT2D eigenvalue weighted by Gasteiger charge is 2.48. The van der Waals surface area contributed by atoms with Gasteiger partial charge in [-0.25, -0.2) is 0 Å². The van der Waals surface area contributed by atoms with Crippen LogP contribution in [0.2, 0.25) is 0 Å². The maximum absolute atomic E-state index is 10.6. The molecule has 0 aliphatic heterocycles. The molecule has 0 spiro atoms. The summed E-state index contributed by atoms with van der Waals surface area (Å²) in [5, 5.41) is 19.7. The predicted molar refractivity (Wildman–Crippen MR) is 62.4 cm³/mol. The zero-order chi connectivity index (χ0) is 11.2. The molecule has 0 amide bonds. The Morgan fingerprint density at radius 3 is 2.69 bits per heavy atom. The van der Waals surface area contributed by atoms with Crippen LogP contribution in [0, 0.1) is 0 Å². The molecule has 16 heavy (non-hydrogen) atoms. The first-order chi connectivity index (χ1) is 7.74. The SMILES string of the molecule is OCC[C@]1(O)C[C@H]2CC[C@@H]1c1ccccc12. The van der Waals surface area contributed by atoms with Gasteiger partial charge in [-0.3, -0.25) is 0 Å². The fourth-order valence-electron chi connectivity index (χ4n) is 3.69. The average molecular weight is 218 g/mol. The molecule has 86 valence electrons. The Morgan fingerprint density at radius 2 is 1.94 bits per heavy atom. The van der Waals surface area contributed by atoms with Crippen molar-refractivity contribution in [3.63, 3.8) is 0 Å².